The van der Waals surface area contributed by atoms with E-state index in [1.54, 1.807) is 12.1 Å². The standard InChI is InChI=1S/C16H21FN2O2/c17-13-3-1-12(2-4-13)11-19(14-5-6-14)15(20)16(18)7-9-21-10-8-16/h1-4,14H,5-11,18H2. The lowest BCUT2D eigenvalue weighted by atomic mass is 9.89. The van der Waals surface area contributed by atoms with Crippen molar-refractivity contribution in [2.45, 2.75) is 43.8 Å². The first-order valence-corrected chi connectivity index (χ1v) is 7.51. The lowest BCUT2D eigenvalue weighted by Crippen LogP contribution is -2.58. The fourth-order valence-corrected chi connectivity index (χ4v) is 2.77. The number of carbonyl (C=O) groups is 1. The third-order valence-electron chi connectivity index (χ3n) is 4.33. The summed E-state index contributed by atoms with van der Waals surface area (Å²) >= 11 is 0. The minimum absolute atomic E-state index is 0.0117. The smallest absolute Gasteiger partial charge is 0.243 e. The maximum absolute atomic E-state index is 13.0. The Bertz CT molecular complexity index is 508. The first-order valence-electron chi connectivity index (χ1n) is 7.51. The van der Waals surface area contributed by atoms with Gasteiger partial charge in [0.25, 0.3) is 0 Å². The van der Waals surface area contributed by atoms with E-state index in [1.807, 2.05) is 4.90 Å². The number of benzene rings is 1. The summed E-state index contributed by atoms with van der Waals surface area (Å²) in [6.07, 6.45) is 3.19. The van der Waals surface area contributed by atoms with Crippen molar-refractivity contribution in [1.82, 2.24) is 4.90 Å². The van der Waals surface area contributed by atoms with E-state index in [0.29, 0.717) is 32.6 Å². The van der Waals surface area contributed by atoms with Crippen molar-refractivity contribution < 1.29 is 13.9 Å². The average molecular weight is 292 g/mol. The molecule has 1 saturated heterocycles. The molecule has 0 unspecified atom stereocenters. The topological polar surface area (TPSA) is 55.6 Å². The van der Waals surface area contributed by atoms with Crippen molar-refractivity contribution in [2.75, 3.05) is 13.2 Å². The van der Waals surface area contributed by atoms with E-state index in [2.05, 4.69) is 0 Å². The molecule has 4 nitrogen and oxygen atoms in total. The van der Waals surface area contributed by atoms with Gasteiger partial charge in [-0.3, -0.25) is 4.79 Å². The summed E-state index contributed by atoms with van der Waals surface area (Å²) < 4.78 is 18.3. The number of carbonyl (C=O) groups excluding carboxylic acids is 1. The average Bonchev–Trinajstić information content (AvgIpc) is 3.31. The van der Waals surface area contributed by atoms with Gasteiger partial charge in [-0.2, -0.15) is 0 Å². The van der Waals surface area contributed by atoms with Crippen molar-refractivity contribution in [3.05, 3.63) is 35.6 Å². The second-order valence-electron chi connectivity index (χ2n) is 6.06. The van der Waals surface area contributed by atoms with Crippen LogP contribution in [0.15, 0.2) is 24.3 Å². The first kappa shape index (κ1) is 14.5. The number of hydrogen-bond acceptors (Lipinski definition) is 3. The minimum atomic E-state index is -0.805. The summed E-state index contributed by atoms with van der Waals surface area (Å²) in [6.45, 7) is 1.58. The van der Waals surface area contributed by atoms with Crippen LogP contribution in [0.2, 0.25) is 0 Å². The Kier molecular flexibility index (Phi) is 3.95. The van der Waals surface area contributed by atoms with Gasteiger partial charge in [0.2, 0.25) is 5.91 Å². The molecule has 1 amide bonds. The van der Waals surface area contributed by atoms with Crippen LogP contribution in [-0.4, -0.2) is 35.6 Å². The highest BCUT2D eigenvalue weighted by Gasteiger charge is 2.43. The summed E-state index contributed by atoms with van der Waals surface area (Å²) in [5.41, 5.74) is 6.45. The van der Waals surface area contributed by atoms with Crippen LogP contribution in [0.4, 0.5) is 4.39 Å². The summed E-state index contributed by atoms with van der Waals surface area (Å²) in [5.74, 6) is -0.250. The highest BCUT2D eigenvalue weighted by atomic mass is 19.1. The molecule has 2 aliphatic rings. The Labute approximate surface area is 124 Å². The van der Waals surface area contributed by atoms with Gasteiger partial charge in [-0.25, -0.2) is 4.39 Å². The largest absolute Gasteiger partial charge is 0.381 e. The van der Waals surface area contributed by atoms with Gasteiger partial charge >= 0.3 is 0 Å². The number of nitrogens with zero attached hydrogens (tertiary/aromatic N) is 1. The lowest BCUT2D eigenvalue weighted by molar-refractivity contribution is -0.141. The molecule has 2 N–H and O–H groups in total. The summed E-state index contributed by atoms with van der Waals surface area (Å²) in [6, 6.07) is 6.59. The van der Waals surface area contributed by atoms with E-state index in [-0.39, 0.29) is 17.8 Å². The van der Waals surface area contributed by atoms with Crippen molar-refractivity contribution in [2.24, 2.45) is 5.73 Å². The maximum Gasteiger partial charge on any atom is 0.243 e. The molecule has 0 atom stereocenters. The van der Waals surface area contributed by atoms with E-state index in [9.17, 15) is 9.18 Å². The lowest BCUT2D eigenvalue weighted by Gasteiger charge is -2.37. The predicted molar refractivity (Wildman–Crippen MR) is 76.9 cm³/mol. The third-order valence-corrected chi connectivity index (χ3v) is 4.33. The molecule has 2 fully saturated rings. The Morgan fingerprint density at radius 1 is 1.29 bits per heavy atom. The van der Waals surface area contributed by atoms with Crippen LogP contribution < -0.4 is 5.73 Å². The molecule has 114 valence electrons. The molecule has 1 aromatic carbocycles. The molecule has 1 heterocycles. The van der Waals surface area contributed by atoms with Gasteiger partial charge in [-0.1, -0.05) is 12.1 Å². The van der Waals surface area contributed by atoms with Crippen LogP contribution in [0.5, 0.6) is 0 Å². The molecule has 5 heteroatoms. The summed E-state index contributed by atoms with van der Waals surface area (Å²) in [4.78, 5) is 14.7. The van der Waals surface area contributed by atoms with Crippen molar-refractivity contribution in [1.29, 1.82) is 0 Å². The van der Waals surface area contributed by atoms with Crippen LogP contribution in [0.25, 0.3) is 0 Å². The van der Waals surface area contributed by atoms with E-state index >= 15 is 0 Å². The van der Waals surface area contributed by atoms with Gasteiger partial charge in [0.05, 0.1) is 5.54 Å². The molecular formula is C16H21FN2O2. The Morgan fingerprint density at radius 2 is 1.90 bits per heavy atom. The Hall–Kier alpha value is -1.46. The SMILES string of the molecule is NC1(C(=O)N(Cc2ccc(F)cc2)C2CC2)CCOCC1. The first-order chi connectivity index (χ1) is 10.1. The van der Waals surface area contributed by atoms with Crippen molar-refractivity contribution >= 4 is 5.91 Å². The van der Waals surface area contributed by atoms with Gasteiger partial charge in [0.1, 0.15) is 5.82 Å². The minimum Gasteiger partial charge on any atom is -0.381 e. The molecule has 3 rings (SSSR count). The summed E-state index contributed by atoms with van der Waals surface area (Å²) in [7, 11) is 0. The molecule has 1 aliphatic heterocycles. The molecule has 0 bridgehead atoms. The number of hydrogen-bond donors (Lipinski definition) is 1. The molecule has 1 aromatic rings. The van der Waals surface area contributed by atoms with Crippen LogP contribution in [0.3, 0.4) is 0 Å². The molecule has 0 aromatic heterocycles. The second kappa shape index (κ2) is 5.73. The van der Waals surface area contributed by atoms with Gasteiger partial charge in [-0.05, 0) is 43.4 Å². The number of rotatable bonds is 4. The van der Waals surface area contributed by atoms with E-state index in [1.165, 1.54) is 12.1 Å². The zero-order valence-corrected chi connectivity index (χ0v) is 12.1. The van der Waals surface area contributed by atoms with Crippen LogP contribution >= 0.6 is 0 Å². The molecule has 0 radical (unpaired) electrons. The predicted octanol–water partition coefficient (Wildman–Crippen LogP) is 1.82. The van der Waals surface area contributed by atoms with E-state index in [0.717, 1.165) is 18.4 Å². The molecule has 1 aliphatic carbocycles. The quantitative estimate of drug-likeness (QED) is 0.921. The number of nitrogens with two attached hydrogens (primary N) is 1. The maximum atomic E-state index is 13.0. The number of ether oxygens (including phenoxy) is 1. The van der Waals surface area contributed by atoms with Crippen molar-refractivity contribution in [3.8, 4) is 0 Å². The zero-order chi connectivity index (χ0) is 14.9. The van der Waals surface area contributed by atoms with Gasteiger partial charge in [0.15, 0.2) is 0 Å². The molecule has 1 saturated carbocycles. The highest BCUT2D eigenvalue weighted by Crippen LogP contribution is 2.32. The van der Waals surface area contributed by atoms with Gasteiger partial charge < -0.3 is 15.4 Å². The fraction of sp³-hybridized carbons (Fsp3) is 0.562. The fourth-order valence-electron chi connectivity index (χ4n) is 2.77. The van der Waals surface area contributed by atoms with Gasteiger partial charge in [-0.15, -0.1) is 0 Å². The zero-order valence-electron chi connectivity index (χ0n) is 12.1. The second-order valence-corrected chi connectivity index (χ2v) is 6.06. The van der Waals surface area contributed by atoms with Gasteiger partial charge in [0, 0.05) is 25.8 Å². The monoisotopic (exact) mass is 292 g/mol. The molecule has 0 spiro atoms. The number of halogens is 1. The Balaban J connectivity index is 1.74. The number of amides is 1. The highest BCUT2D eigenvalue weighted by molar-refractivity contribution is 5.86. The Morgan fingerprint density at radius 3 is 2.48 bits per heavy atom. The van der Waals surface area contributed by atoms with E-state index in [4.69, 9.17) is 10.5 Å². The summed E-state index contributed by atoms with van der Waals surface area (Å²) in [5, 5.41) is 0. The van der Waals surface area contributed by atoms with E-state index < -0.39 is 5.54 Å². The third kappa shape index (κ3) is 3.24. The molecular weight excluding hydrogens is 271 g/mol. The van der Waals surface area contributed by atoms with Crippen LogP contribution in [-0.2, 0) is 16.1 Å². The van der Waals surface area contributed by atoms with Crippen LogP contribution in [0, 0.1) is 5.82 Å². The normalized spacial score (nSPS) is 21.0. The molecule has 21 heavy (non-hydrogen) atoms. The van der Waals surface area contributed by atoms with Crippen molar-refractivity contribution in [3.63, 3.8) is 0 Å². The van der Waals surface area contributed by atoms with Crippen LogP contribution in [0.1, 0.15) is 31.2 Å².